The molecule has 1 rings (SSSR count). The minimum absolute atomic E-state index is 0.000469. The first-order chi connectivity index (χ1) is 8.15. The Morgan fingerprint density at radius 2 is 2.00 bits per heavy atom. The van der Waals surface area contributed by atoms with E-state index in [9.17, 15) is 4.79 Å². The molecule has 0 unspecified atom stereocenters. The summed E-state index contributed by atoms with van der Waals surface area (Å²) >= 11 is 1.59. The number of carbonyl (C=O) groups is 1. The SMILES string of the molecule is CSc1ccccc1C(=O)NCCNC(C)C. The highest BCUT2D eigenvalue weighted by Crippen LogP contribution is 2.19. The van der Waals surface area contributed by atoms with Gasteiger partial charge in [0, 0.05) is 24.0 Å². The van der Waals surface area contributed by atoms with Crippen LogP contribution in [0.15, 0.2) is 29.2 Å². The van der Waals surface area contributed by atoms with E-state index in [1.54, 1.807) is 11.8 Å². The number of hydrogen-bond acceptors (Lipinski definition) is 3. The zero-order valence-corrected chi connectivity index (χ0v) is 11.4. The molecule has 1 aromatic rings. The minimum Gasteiger partial charge on any atom is -0.351 e. The molecule has 0 radical (unpaired) electrons. The summed E-state index contributed by atoms with van der Waals surface area (Å²) in [6.07, 6.45) is 1.98. The van der Waals surface area contributed by atoms with Crippen LogP contribution < -0.4 is 10.6 Å². The first-order valence-corrected chi connectivity index (χ1v) is 7.02. The second kappa shape index (κ2) is 7.35. The van der Waals surface area contributed by atoms with Crippen LogP contribution in [-0.2, 0) is 0 Å². The van der Waals surface area contributed by atoms with Crippen LogP contribution in [-0.4, -0.2) is 31.3 Å². The predicted octanol–water partition coefficient (Wildman–Crippen LogP) is 2.14. The molecule has 0 saturated carbocycles. The van der Waals surface area contributed by atoms with Crippen molar-refractivity contribution >= 4 is 17.7 Å². The van der Waals surface area contributed by atoms with Crippen LogP contribution in [0.4, 0.5) is 0 Å². The topological polar surface area (TPSA) is 41.1 Å². The average molecular weight is 252 g/mol. The van der Waals surface area contributed by atoms with Crippen molar-refractivity contribution < 1.29 is 4.79 Å². The summed E-state index contributed by atoms with van der Waals surface area (Å²) < 4.78 is 0. The van der Waals surface area contributed by atoms with Crippen molar-refractivity contribution in [3.63, 3.8) is 0 Å². The first kappa shape index (κ1) is 14.1. The van der Waals surface area contributed by atoms with E-state index in [0.29, 0.717) is 12.6 Å². The highest BCUT2D eigenvalue weighted by molar-refractivity contribution is 7.98. The zero-order chi connectivity index (χ0) is 12.7. The Bertz CT molecular complexity index is 366. The van der Waals surface area contributed by atoms with Crippen LogP contribution in [0.2, 0.25) is 0 Å². The van der Waals surface area contributed by atoms with Crippen molar-refractivity contribution in [3.05, 3.63) is 29.8 Å². The van der Waals surface area contributed by atoms with E-state index in [4.69, 9.17) is 0 Å². The van der Waals surface area contributed by atoms with Gasteiger partial charge in [-0.15, -0.1) is 11.8 Å². The molecule has 0 atom stereocenters. The maximum absolute atomic E-state index is 11.9. The lowest BCUT2D eigenvalue weighted by atomic mass is 10.2. The Morgan fingerprint density at radius 3 is 2.65 bits per heavy atom. The van der Waals surface area contributed by atoms with Crippen molar-refractivity contribution in [3.8, 4) is 0 Å². The van der Waals surface area contributed by atoms with Crippen molar-refractivity contribution in [1.82, 2.24) is 10.6 Å². The molecule has 0 aromatic heterocycles. The Balaban J connectivity index is 2.47. The molecule has 0 saturated heterocycles. The van der Waals surface area contributed by atoms with Crippen LogP contribution >= 0.6 is 11.8 Å². The number of thioether (sulfide) groups is 1. The van der Waals surface area contributed by atoms with Gasteiger partial charge in [0.2, 0.25) is 0 Å². The highest BCUT2D eigenvalue weighted by Gasteiger charge is 2.08. The third-order valence-electron chi connectivity index (χ3n) is 2.31. The third kappa shape index (κ3) is 4.79. The summed E-state index contributed by atoms with van der Waals surface area (Å²) in [5.41, 5.74) is 0.754. The standard InChI is InChI=1S/C13H20N2OS/c1-10(2)14-8-9-15-13(16)11-6-4-5-7-12(11)17-3/h4-7,10,14H,8-9H2,1-3H3,(H,15,16). The van der Waals surface area contributed by atoms with Gasteiger partial charge < -0.3 is 10.6 Å². The van der Waals surface area contributed by atoms with Gasteiger partial charge in [-0.1, -0.05) is 26.0 Å². The van der Waals surface area contributed by atoms with E-state index in [0.717, 1.165) is 17.0 Å². The smallest absolute Gasteiger partial charge is 0.252 e. The average Bonchev–Trinajstić information content (AvgIpc) is 2.34. The van der Waals surface area contributed by atoms with Crippen molar-refractivity contribution in [1.29, 1.82) is 0 Å². The lowest BCUT2D eigenvalue weighted by molar-refractivity contribution is 0.0950. The molecule has 4 heteroatoms. The summed E-state index contributed by atoms with van der Waals surface area (Å²) in [5.74, 6) is 0.000469. The highest BCUT2D eigenvalue weighted by atomic mass is 32.2. The fraction of sp³-hybridized carbons (Fsp3) is 0.462. The molecule has 0 aliphatic rings. The minimum atomic E-state index is 0.000469. The zero-order valence-electron chi connectivity index (χ0n) is 10.6. The van der Waals surface area contributed by atoms with Crippen molar-refractivity contribution in [2.24, 2.45) is 0 Å². The number of nitrogens with one attached hydrogen (secondary N) is 2. The molecule has 17 heavy (non-hydrogen) atoms. The van der Waals surface area contributed by atoms with Gasteiger partial charge in [-0.05, 0) is 18.4 Å². The second-order valence-corrected chi connectivity index (χ2v) is 4.91. The van der Waals surface area contributed by atoms with Gasteiger partial charge in [-0.25, -0.2) is 0 Å². The van der Waals surface area contributed by atoms with E-state index < -0.39 is 0 Å². The monoisotopic (exact) mass is 252 g/mol. The first-order valence-electron chi connectivity index (χ1n) is 5.79. The predicted molar refractivity (Wildman–Crippen MR) is 73.7 cm³/mol. The second-order valence-electron chi connectivity index (χ2n) is 4.07. The maximum Gasteiger partial charge on any atom is 0.252 e. The van der Waals surface area contributed by atoms with Gasteiger partial charge in [0.1, 0.15) is 0 Å². The summed E-state index contributed by atoms with van der Waals surface area (Å²) in [5, 5.41) is 6.18. The Hall–Kier alpha value is -1.00. The normalized spacial score (nSPS) is 10.6. The molecule has 0 bridgehead atoms. The van der Waals surface area contributed by atoms with E-state index in [-0.39, 0.29) is 5.91 Å². The van der Waals surface area contributed by atoms with Crippen LogP contribution in [0.5, 0.6) is 0 Å². The summed E-state index contributed by atoms with van der Waals surface area (Å²) in [7, 11) is 0. The summed E-state index contributed by atoms with van der Waals surface area (Å²) in [6, 6.07) is 8.11. The van der Waals surface area contributed by atoms with E-state index in [2.05, 4.69) is 24.5 Å². The fourth-order valence-corrected chi connectivity index (χ4v) is 2.06. The quantitative estimate of drug-likeness (QED) is 0.602. The molecule has 0 fully saturated rings. The van der Waals surface area contributed by atoms with Crippen LogP contribution in [0, 0.1) is 0 Å². The Morgan fingerprint density at radius 1 is 1.29 bits per heavy atom. The lowest BCUT2D eigenvalue weighted by Crippen LogP contribution is -2.34. The van der Waals surface area contributed by atoms with Crippen LogP contribution in [0.1, 0.15) is 24.2 Å². The summed E-state index contributed by atoms with van der Waals surface area (Å²) in [4.78, 5) is 12.9. The van der Waals surface area contributed by atoms with Gasteiger partial charge in [0.15, 0.2) is 0 Å². The molecule has 0 aliphatic heterocycles. The van der Waals surface area contributed by atoms with Gasteiger partial charge >= 0.3 is 0 Å². The van der Waals surface area contributed by atoms with Gasteiger partial charge in [-0.3, -0.25) is 4.79 Å². The fourth-order valence-electron chi connectivity index (χ4n) is 1.46. The number of benzene rings is 1. The molecule has 0 spiro atoms. The molecule has 3 nitrogen and oxygen atoms in total. The van der Waals surface area contributed by atoms with Crippen molar-refractivity contribution in [2.45, 2.75) is 24.8 Å². The van der Waals surface area contributed by atoms with Gasteiger partial charge in [-0.2, -0.15) is 0 Å². The third-order valence-corrected chi connectivity index (χ3v) is 3.11. The van der Waals surface area contributed by atoms with E-state index in [1.807, 2.05) is 30.5 Å². The molecule has 2 N–H and O–H groups in total. The maximum atomic E-state index is 11.9. The Kier molecular flexibility index (Phi) is 6.08. The van der Waals surface area contributed by atoms with Gasteiger partial charge in [0.25, 0.3) is 5.91 Å². The number of hydrogen-bond donors (Lipinski definition) is 2. The number of rotatable bonds is 6. The van der Waals surface area contributed by atoms with E-state index in [1.165, 1.54) is 0 Å². The number of carbonyl (C=O) groups excluding carboxylic acids is 1. The molecular weight excluding hydrogens is 232 g/mol. The molecule has 0 heterocycles. The molecule has 94 valence electrons. The van der Waals surface area contributed by atoms with Crippen LogP contribution in [0.3, 0.4) is 0 Å². The largest absolute Gasteiger partial charge is 0.351 e. The lowest BCUT2D eigenvalue weighted by Gasteiger charge is -2.10. The van der Waals surface area contributed by atoms with Crippen LogP contribution in [0.25, 0.3) is 0 Å². The molecular formula is C13H20N2OS. The molecule has 1 amide bonds. The summed E-state index contributed by atoms with van der Waals surface area (Å²) in [6.45, 7) is 5.63. The van der Waals surface area contributed by atoms with Gasteiger partial charge in [0.05, 0.1) is 5.56 Å². The van der Waals surface area contributed by atoms with Crippen molar-refractivity contribution in [2.75, 3.05) is 19.3 Å². The molecule has 1 aromatic carbocycles. The number of amides is 1. The Labute approximate surface area is 107 Å². The molecule has 0 aliphatic carbocycles. The van der Waals surface area contributed by atoms with E-state index >= 15 is 0 Å².